The third-order valence-electron chi connectivity index (χ3n) is 2.82. The molecule has 0 saturated heterocycles. The Hall–Kier alpha value is -1.29. The molecule has 0 spiro atoms. The van der Waals surface area contributed by atoms with Crippen LogP contribution in [0.1, 0.15) is 27.2 Å². The Labute approximate surface area is 110 Å². The lowest BCUT2D eigenvalue weighted by atomic mass is 10.1. The molecule has 0 aliphatic carbocycles. The highest BCUT2D eigenvalue weighted by atomic mass is 16.5. The largest absolute Gasteiger partial charge is 0.384 e. The molecule has 1 atom stereocenters. The van der Waals surface area contributed by atoms with Gasteiger partial charge in [0.2, 0.25) is 0 Å². The summed E-state index contributed by atoms with van der Waals surface area (Å²) in [5.74, 6) is 0.511. The average molecular weight is 251 g/mol. The molecule has 0 bridgehead atoms. The Morgan fingerprint density at radius 3 is 2.61 bits per heavy atom. The van der Waals surface area contributed by atoms with Gasteiger partial charge < -0.3 is 15.4 Å². The van der Waals surface area contributed by atoms with E-state index in [0.717, 1.165) is 24.3 Å². The van der Waals surface area contributed by atoms with E-state index in [9.17, 15) is 0 Å². The molecule has 1 aromatic heterocycles. The molecular formula is C14H25N3O. The number of anilines is 2. The van der Waals surface area contributed by atoms with Crippen LogP contribution in [0.25, 0.3) is 0 Å². The smallest absolute Gasteiger partial charge is 0.0666 e. The van der Waals surface area contributed by atoms with Crippen LogP contribution in [0.3, 0.4) is 0 Å². The number of pyridine rings is 1. The van der Waals surface area contributed by atoms with Crippen molar-refractivity contribution in [1.29, 1.82) is 0 Å². The van der Waals surface area contributed by atoms with Crippen LogP contribution in [0, 0.1) is 5.92 Å². The van der Waals surface area contributed by atoms with Crippen LogP contribution < -0.4 is 10.6 Å². The summed E-state index contributed by atoms with van der Waals surface area (Å²) in [6, 6.07) is 2.39. The molecule has 0 amide bonds. The summed E-state index contributed by atoms with van der Waals surface area (Å²) in [6.07, 6.45) is 4.81. The number of methoxy groups -OCH3 is 1. The van der Waals surface area contributed by atoms with Gasteiger partial charge in [0.25, 0.3) is 0 Å². The van der Waals surface area contributed by atoms with Crippen LogP contribution in [-0.4, -0.2) is 31.3 Å². The number of nitrogens with zero attached hydrogens (tertiary/aromatic N) is 1. The molecule has 4 nitrogen and oxygen atoms in total. The van der Waals surface area contributed by atoms with Crippen molar-refractivity contribution in [2.24, 2.45) is 5.92 Å². The van der Waals surface area contributed by atoms with Crippen LogP contribution in [0.5, 0.6) is 0 Å². The second kappa shape index (κ2) is 7.93. The normalized spacial score (nSPS) is 12.5. The predicted molar refractivity (Wildman–Crippen MR) is 77.1 cm³/mol. The molecule has 0 aliphatic rings. The van der Waals surface area contributed by atoms with Crippen molar-refractivity contribution in [3.05, 3.63) is 18.5 Å². The van der Waals surface area contributed by atoms with Gasteiger partial charge in [-0.2, -0.15) is 0 Å². The summed E-state index contributed by atoms with van der Waals surface area (Å²) in [6.45, 7) is 8.18. The highest BCUT2D eigenvalue weighted by Crippen LogP contribution is 2.16. The van der Waals surface area contributed by atoms with E-state index in [4.69, 9.17) is 4.74 Å². The fourth-order valence-corrected chi connectivity index (χ4v) is 1.68. The Morgan fingerprint density at radius 1 is 1.28 bits per heavy atom. The zero-order valence-corrected chi connectivity index (χ0v) is 11.9. The SMILES string of the molecule is CCCNc1cncc(NC(COC)C(C)C)c1. The van der Waals surface area contributed by atoms with Gasteiger partial charge in [-0.05, 0) is 18.4 Å². The summed E-state index contributed by atoms with van der Waals surface area (Å²) in [4.78, 5) is 4.24. The molecule has 1 aromatic rings. The molecule has 0 aliphatic heterocycles. The van der Waals surface area contributed by atoms with Crippen LogP contribution in [0.2, 0.25) is 0 Å². The van der Waals surface area contributed by atoms with E-state index in [2.05, 4.69) is 42.5 Å². The Kier molecular flexibility index (Phi) is 6.50. The summed E-state index contributed by atoms with van der Waals surface area (Å²) in [5.41, 5.74) is 2.09. The first kappa shape index (κ1) is 14.8. The van der Waals surface area contributed by atoms with Crippen molar-refractivity contribution < 1.29 is 4.74 Å². The number of rotatable bonds is 8. The van der Waals surface area contributed by atoms with Crippen molar-refractivity contribution in [2.75, 3.05) is 30.9 Å². The molecule has 0 fully saturated rings. The van der Waals surface area contributed by atoms with Crippen molar-refractivity contribution in [1.82, 2.24) is 4.98 Å². The fourth-order valence-electron chi connectivity index (χ4n) is 1.68. The van der Waals surface area contributed by atoms with Crippen molar-refractivity contribution in [3.63, 3.8) is 0 Å². The van der Waals surface area contributed by atoms with E-state index in [1.54, 1.807) is 7.11 Å². The van der Waals surface area contributed by atoms with E-state index in [1.807, 2.05) is 12.4 Å². The lowest BCUT2D eigenvalue weighted by Gasteiger charge is -2.22. The lowest BCUT2D eigenvalue weighted by Crippen LogP contribution is -2.30. The number of aromatic nitrogens is 1. The van der Waals surface area contributed by atoms with E-state index < -0.39 is 0 Å². The molecule has 4 heteroatoms. The third-order valence-corrected chi connectivity index (χ3v) is 2.82. The van der Waals surface area contributed by atoms with Gasteiger partial charge in [-0.3, -0.25) is 4.98 Å². The monoisotopic (exact) mass is 251 g/mol. The van der Waals surface area contributed by atoms with E-state index in [0.29, 0.717) is 18.6 Å². The highest BCUT2D eigenvalue weighted by Gasteiger charge is 2.12. The van der Waals surface area contributed by atoms with E-state index in [-0.39, 0.29) is 0 Å². The minimum atomic E-state index is 0.304. The summed E-state index contributed by atoms with van der Waals surface area (Å²) in [7, 11) is 1.73. The quantitative estimate of drug-likeness (QED) is 0.745. The van der Waals surface area contributed by atoms with Gasteiger partial charge in [-0.15, -0.1) is 0 Å². The first-order chi connectivity index (χ1) is 8.67. The number of hydrogen-bond acceptors (Lipinski definition) is 4. The molecule has 2 N–H and O–H groups in total. The molecule has 102 valence electrons. The Bertz CT molecular complexity index is 342. The Balaban J connectivity index is 2.64. The maximum Gasteiger partial charge on any atom is 0.0666 e. The number of ether oxygens (including phenoxy) is 1. The number of nitrogens with one attached hydrogen (secondary N) is 2. The van der Waals surface area contributed by atoms with Gasteiger partial charge in [0.1, 0.15) is 0 Å². The van der Waals surface area contributed by atoms with Gasteiger partial charge in [0.05, 0.1) is 36.4 Å². The van der Waals surface area contributed by atoms with E-state index in [1.165, 1.54) is 0 Å². The number of hydrogen-bond donors (Lipinski definition) is 2. The molecular weight excluding hydrogens is 226 g/mol. The zero-order valence-electron chi connectivity index (χ0n) is 11.9. The highest BCUT2D eigenvalue weighted by molar-refractivity contribution is 5.54. The van der Waals surface area contributed by atoms with Gasteiger partial charge in [-0.25, -0.2) is 0 Å². The minimum Gasteiger partial charge on any atom is -0.384 e. The molecule has 0 aromatic carbocycles. The average Bonchev–Trinajstić information content (AvgIpc) is 2.36. The standard InChI is InChI=1S/C14H25N3O/c1-5-6-16-12-7-13(9-15-8-12)17-14(10-18-4)11(2)3/h7-9,11,14,16-17H,5-6,10H2,1-4H3. The van der Waals surface area contributed by atoms with Gasteiger partial charge in [0.15, 0.2) is 0 Å². The van der Waals surface area contributed by atoms with Crippen molar-refractivity contribution in [3.8, 4) is 0 Å². The van der Waals surface area contributed by atoms with E-state index >= 15 is 0 Å². The van der Waals surface area contributed by atoms with Crippen molar-refractivity contribution >= 4 is 11.4 Å². The summed E-state index contributed by atoms with van der Waals surface area (Å²) in [5, 5.41) is 6.80. The molecule has 0 radical (unpaired) electrons. The first-order valence-electron chi connectivity index (χ1n) is 6.61. The van der Waals surface area contributed by atoms with Gasteiger partial charge in [0, 0.05) is 13.7 Å². The third kappa shape index (κ3) is 4.92. The van der Waals surface area contributed by atoms with Gasteiger partial charge in [-0.1, -0.05) is 20.8 Å². The Morgan fingerprint density at radius 2 is 2.00 bits per heavy atom. The molecule has 18 heavy (non-hydrogen) atoms. The van der Waals surface area contributed by atoms with Crippen molar-refractivity contribution in [2.45, 2.75) is 33.2 Å². The first-order valence-corrected chi connectivity index (χ1v) is 6.61. The second-order valence-corrected chi connectivity index (χ2v) is 4.84. The second-order valence-electron chi connectivity index (χ2n) is 4.84. The zero-order chi connectivity index (χ0) is 13.4. The summed E-state index contributed by atoms with van der Waals surface area (Å²) >= 11 is 0. The van der Waals surface area contributed by atoms with Crippen LogP contribution in [-0.2, 0) is 4.74 Å². The maximum absolute atomic E-state index is 5.23. The minimum absolute atomic E-state index is 0.304. The summed E-state index contributed by atoms with van der Waals surface area (Å²) < 4.78 is 5.23. The van der Waals surface area contributed by atoms with Crippen LogP contribution in [0.4, 0.5) is 11.4 Å². The van der Waals surface area contributed by atoms with Crippen LogP contribution >= 0.6 is 0 Å². The topological polar surface area (TPSA) is 46.2 Å². The lowest BCUT2D eigenvalue weighted by molar-refractivity contribution is 0.171. The molecule has 0 saturated carbocycles. The molecule has 1 heterocycles. The molecule has 1 rings (SSSR count). The van der Waals surface area contributed by atoms with Crippen LogP contribution in [0.15, 0.2) is 18.5 Å². The van der Waals surface area contributed by atoms with Gasteiger partial charge >= 0.3 is 0 Å². The molecule has 1 unspecified atom stereocenters. The predicted octanol–water partition coefficient (Wildman–Crippen LogP) is 2.99. The fraction of sp³-hybridized carbons (Fsp3) is 0.643. The maximum atomic E-state index is 5.23.